The Morgan fingerprint density at radius 3 is 2.30 bits per heavy atom. The fraction of sp³-hybridized carbons (Fsp3) is 0.611. The average Bonchev–Trinajstić information content (AvgIpc) is 2.91. The molecule has 0 unspecified atom stereocenters. The maximum atomic E-state index is 12.3. The van der Waals surface area contributed by atoms with Gasteiger partial charge in [0.2, 0.25) is 5.91 Å². The van der Waals surface area contributed by atoms with Gasteiger partial charge in [-0.3, -0.25) is 4.79 Å². The molecule has 20 heavy (non-hydrogen) atoms. The number of nitrogens with one attached hydrogen (secondary N) is 1. The Hall–Kier alpha value is -1.31. The van der Waals surface area contributed by atoms with Crippen molar-refractivity contribution >= 4 is 5.91 Å². The SMILES string of the molecule is CC(C)Cc1ccc([C@@H](C)C(=O)NC2CCCC2)cc1. The van der Waals surface area contributed by atoms with E-state index in [0.717, 1.165) is 24.8 Å². The van der Waals surface area contributed by atoms with Crippen molar-refractivity contribution in [3.05, 3.63) is 35.4 Å². The molecule has 0 bridgehead atoms. The third-order valence-corrected chi connectivity index (χ3v) is 4.22. The summed E-state index contributed by atoms with van der Waals surface area (Å²) in [4.78, 5) is 12.3. The molecule has 1 fully saturated rings. The van der Waals surface area contributed by atoms with Crippen LogP contribution in [0.2, 0.25) is 0 Å². The van der Waals surface area contributed by atoms with Crippen LogP contribution in [0.3, 0.4) is 0 Å². The number of hydrogen-bond donors (Lipinski definition) is 1. The van der Waals surface area contributed by atoms with Gasteiger partial charge in [0.05, 0.1) is 5.92 Å². The molecule has 0 aliphatic heterocycles. The summed E-state index contributed by atoms with van der Waals surface area (Å²) in [7, 11) is 0. The molecule has 1 N–H and O–H groups in total. The van der Waals surface area contributed by atoms with Gasteiger partial charge in [-0.25, -0.2) is 0 Å². The van der Waals surface area contributed by atoms with Crippen LogP contribution in [0.4, 0.5) is 0 Å². The first-order valence-electron chi connectivity index (χ1n) is 7.95. The molecular weight excluding hydrogens is 246 g/mol. The lowest BCUT2D eigenvalue weighted by Gasteiger charge is -2.17. The minimum absolute atomic E-state index is 0.0521. The van der Waals surface area contributed by atoms with Gasteiger partial charge in [0, 0.05) is 6.04 Å². The van der Waals surface area contributed by atoms with E-state index in [4.69, 9.17) is 0 Å². The van der Waals surface area contributed by atoms with Gasteiger partial charge in [-0.05, 0) is 43.2 Å². The highest BCUT2D eigenvalue weighted by Gasteiger charge is 2.21. The molecule has 0 saturated heterocycles. The molecular formula is C18H27NO. The number of benzene rings is 1. The van der Waals surface area contributed by atoms with Crippen molar-refractivity contribution in [3.63, 3.8) is 0 Å². The van der Waals surface area contributed by atoms with E-state index in [-0.39, 0.29) is 11.8 Å². The van der Waals surface area contributed by atoms with Crippen molar-refractivity contribution in [2.45, 2.75) is 64.8 Å². The minimum Gasteiger partial charge on any atom is -0.353 e. The van der Waals surface area contributed by atoms with E-state index >= 15 is 0 Å². The van der Waals surface area contributed by atoms with E-state index in [0.29, 0.717) is 12.0 Å². The first-order chi connectivity index (χ1) is 9.56. The smallest absolute Gasteiger partial charge is 0.227 e. The van der Waals surface area contributed by atoms with Crippen LogP contribution in [-0.2, 0) is 11.2 Å². The average molecular weight is 273 g/mol. The van der Waals surface area contributed by atoms with Crippen LogP contribution in [0, 0.1) is 5.92 Å². The molecule has 1 atom stereocenters. The number of amides is 1. The maximum absolute atomic E-state index is 12.3. The fourth-order valence-corrected chi connectivity index (χ4v) is 2.96. The van der Waals surface area contributed by atoms with Crippen molar-refractivity contribution < 1.29 is 4.79 Å². The molecule has 0 spiro atoms. The molecule has 1 amide bonds. The summed E-state index contributed by atoms with van der Waals surface area (Å²) >= 11 is 0. The van der Waals surface area contributed by atoms with Gasteiger partial charge < -0.3 is 5.32 Å². The summed E-state index contributed by atoms with van der Waals surface area (Å²) in [6.45, 7) is 6.46. The normalized spacial score (nSPS) is 17.4. The molecule has 2 heteroatoms. The topological polar surface area (TPSA) is 29.1 Å². The molecule has 1 aliphatic rings. The Morgan fingerprint density at radius 1 is 1.15 bits per heavy atom. The van der Waals surface area contributed by atoms with E-state index in [9.17, 15) is 4.79 Å². The van der Waals surface area contributed by atoms with Gasteiger partial charge in [-0.2, -0.15) is 0 Å². The zero-order chi connectivity index (χ0) is 14.5. The fourth-order valence-electron chi connectivity index (χ4n) is 2.96. The standard InChI is InChI=1S/C18H27NO/c1-13(2)12-15-8-10-16(11-9-15)14(3)18(20)19-17-6-4-5-7-17/h8-11,13-14,17H,4-7,12H2,1-3H3,(H,19,20)/t14-/m1/s1. The molecule has 1 aromatic rings. The van der Waals surface area contributed by atoms with Gasteiger partial charge in [-0.15, -0.1) is 0 Å². The predicted octanol–water partition coefficient (Wildman–Crippen LogP) is 4.05. The Morgan fingerprint density at radius 2 is 1.75 bits per heavy atom. The molecule has 2 rings (SSSR count). The molecule has 1 aromatic carbocycles. The molecule has 0 radical (unpaired) electrons. The van der Waals surface area contributed by atoms with E-state index < -0.39 is 0 Å². The van der Waals surface area contributed by atoms with Crippen molar-refractivity contribution in [1.82, 2.24) is 5.32 Å². The first kappa shape index (κ1) is 15.1. The summed E-state index contributed by atoms with van der Waals surface area (Å²) in [6, 6.07) is 8.95. The minimum atomic E-state index is -0.0521. The Kier molecular flexibility index (Phi) is 5.22. The number of hydrogen-bond acceptors (Lipinski definition) is 1. The van der Waals surface area contributed by atoms with Crippen LogP contribution in [0.15, 0.2) is 24.3 Å². The molecule has 110 valence electrons. The van der Waals surface area contributed by atoms with Crippen LogP contribution in [0.1, 0.15) is 63.5 Å². The van der Waals surface area contributed by atoms with Gasteiger partial charge in [0.15, 0.2) is 0 Å². The van der Waals surface area contributed by atoms with Crippen LogP contribution < -0.4 is 5.32 Å². The molecule has 1 aliphatic carbocycles. The third kappa shape index (κ3) is 4.09. The number of carbonyl (C=O) groups excluding carboxylic acids is 1. The van der Waals surface area contributed by atoms with Crippen LogP contribution in [-0.4, -0.2) is 11.9 Å². The molecule has 0 aromatic heterocycles. The third-order valence-electron chi connectivity index (χ3n) is 4.22. The van der Waals surface area contributed by atoms with Gasteiger partial charge in [0.25, 0.3) is 0 Å². The second kappa shape index (κ2) is 6.92. The lowest BCUT2D eigenvalue weighted by atomic mass is 9.96. The lowest BCUT2D eigenvalue weighted by Crippen LogP contribution is -2.35. The Balaban J connectivity index is 1.93. The van der Waals surface area contributed by atoms with E-state index in [1.807, 2.05) is 6.92 Å². The van der Waals surface area contributed by atoms with E-state index in [1.54, 1.807) is 0 Å². The van der Waals surface area contributed by atoms with Crippen molar-refractivity contribution in [2.75, 3.05) is 0 Å². The zero-order valence-electron chi connectivity index (χ0n) is 13.0. The van der Waals surface area contributed by atoms with Crippen molar-refractivity contribution in [2.24, 2.45) is 5.92 Å². The second-order valence-corrected chi connectivity index (χ2v) is 6.55. The maximum Gasteiger partial charge on any atom is 0.227 e. The largest absolute Gasteiger partial charge is 0.353 e. The van der Waals surface area contributed by atoms with Crippen LogP contribution in [0.25, 0.3) is 0 Å². The lowest BCUT2D eigenvalue weighted by molar-refractivity contribution is -0.122. The highest BCUT2D eigenvalue weighted by Crippen LogP contribution is 2.21. The van der Waals surface area contributed by atoms with Crippen LogP contribution >= 0.6 is 0 Å². The molecule has 1 saturated carbocycles. The summed E-state index contributed by atoms with van der Waals surface area (Å²) in [5, 5.41) is 3.18. The highest BCUT2D eigenvalue weighted by atomic mass is 16.1. The summed E-state index contributed by atoms with van der Waals surface area (Å²) in [5.41, 5.74) is 2.47. The quantitative estimate of drug-likeness (QED) is 0.861. The van der Waals surface area contributed by atoms with Gasteiger partial charge in [0.1, 0.15) is 0 Å². The predicted molar refractivity (Wildman–Crippen MR) is 83.8 cm³/mol. The monoisotopic (exact) mass is 273 g/mol. The van der Waals surface area contributed by atoms with Crippen LogP contribution in [0.5, 0.6) is 0 Å². The Bertz CT molecular complexity index is 429. The second-order valence-electron chi connectivity index (χ2n) is 6.55. The Labute approximate surface area is 123 Å². The summed E-state index contributed by atoms with van der Waals surface area (Å²) in [5.74, 6) is 0.793. The van der Waals surface area contributed by atoms with Crippen molar-refractivity contribution in [3.8, 4) is 0 Å². The number of rotatable bonds is 5. The summed E-state index contributed by atoms with van der Waals surface area (Å²) < 4.78 is 0. The van der Waals surface area contributed by atoms with E-state index in [1.165, 1.54) is 18.4 Å². The number of carbonyl (C=O) groups is 1. The first-order valence-corrected chi connectivity index (χ1v) is 7.95. The molecule has 2 nitrogen and oxygen atoms in total. The molecule has 0 heterocycles. The van der Waals surface area contributed by atoms with E-state index in [2.05, 4.69) is 43.4 Å². The van der Waals surface area contributed by atoms with Gasteiger partial charge >= 0.3 is 0 Å². The summed E-state index contributed by atoms with van der Waals surface area (Å²) in [6.07, 6.45) is 5.90. The zero-order valence-corrected chi connectivity index (χ0v) is 13.0. The highest BCUT2D eigenvalue weighted by molar-refractivity contribution is 5.83. The van der Waals surface area contributed by atoms with Crippen molar-refractivity contribution in [1.29, 1.82) is 0 Å². The van der Waals surface area contributed by atoms with Gasteiger partial charge in [-0.1, -0.05) is 51.0 Å².